The average molecular weight is 306 g/mol. The zero-order valence-electron chi connectivity index (χ0n) is 12.6. The van der Waals surface area contributed by atoms with Crippen molar-refractivity contribution in [2.24, 2.45) is 0 Å². The number of para-hydroxylation sites is 2. The van der Waals surface area contributed by atoms with Gasteiger partial charge in [-0.2, -0.15) is 0 Å². The van der Waals surface area contributed by atoms with Crippen LogP contribution in [0.5, 0.6) is 17.2 Å². The van der Waals surface area contributed by atoms with E-state index in [0.29, 0.717) is 12.8 Å². The molecule has 116 valence electrons. The summed E-state index contributed by atoms with van der Waals surface area (Å²) in [6.07, 6.45) is 1.06. The van der Waals surface area contributed by atoms with E-state index in [9.17, 15) is 15.3 Å². The Kier molecular flexibility index (Phi) is 4.20. The molecule has 0 radical (unpaired) electrons. The lowest BCUT2D eigenvalue weighted by Gasteiger charge is -2.11. The molecule has 0 fully saturated rings. The van der Waals surface area contributed by atoms with Crippen LogP contribution in [0.3, 0.4) is 0 Å². The van der Waals surface area contributed by atoms with Crippen molar-refractivity contribution in [2.45, 2.75) is 12.8 Å². The van der Waals surface area contributed by atoms with E-state index in [2.05, 4.69) is 0 Å². The third-order valence-electron chi connectivity index (χ3n) is 3.91. The molecule has 0 heterocycles. The van der Waals surface area contributed by atoms with Crippen molar-refractivity contribution in [2.75, 3.05) is 0 Å². The van der Waals surface area contributed by atoms with Crippen LogP contribution in [0, 0.1) is 0 Å². The van der Waals surface area contributed by atoms with Crippen LogP contribution in [0.25, 0.3) is 0 Å². The summed E-state index contributed by atoms with van der Waals surface area (Å²) in [5.74, 6) is 0.714. The topological polar surface area (TPSA) is 60.7 Å². The third kappa shape index (κ3) is 3.46. The Bertz CT molecular complexity index is 807. The number of phenolic OH excluding ortho intramolecular Hbond substituents is 3. The van der Waals surface area contributed by atoms with Crippen LogP contribution < -0.4 is 0 Å². The van der Waals surface area contributed by atoms with Gasteiger partial charge in [-0.1, -0.05) is 48.5 Å². The summed E-state index contributed by atoms with van der Waals surface area (Å²) in [7, 11) is 0. The summed E-state index contributed by atoms with van der Waals surface area (Å²) in [4.78, 5) is 0. The van der Waals surface area contributed by atoms with Crippen molar-refractivity contribution in [1.29, 1.82) is 0 Å². The molecule has 0 saturated carbocycles. The number of phenols is 3. The molecule has 0 saturated heterocycles. The first-order valence-electron chi connectivity index (χ1n) is 7.48. The summed E-state index contributed by atoms with van der Waals surface area (Å²) in [6, 6.07) is 19.7. The number of hydrogen-bond donors (Lipinski definition) is 3. The van der Waals surface area contributed by atoms with E-state index < -0.39 is 0 Å². The van der Waals surface area contributed by atoms with E-state index in [0.717, 1.165) is 22.3 Å². The second kappa shape index (κ2) is 6.44. The second-order valence-electron chi connectivity index (χ2n) is 5.57. The number of rotatable bonds is 4. The Labute approximate surface area is 135 Å². The van der Waals surface area contributed by atoms with Gasteiger partial charge in [-0.05, 0) is 40.5 Å². The zero-order valence-corrected chi connectivity index (χ0v) is 12.6. The maximum absolute atomic E-state index is 10.5. The fourth-order valence-corrected chi connectivity index (χ4v) is 2.63. The molecule has 0 bridgehead atoms. The number of hydrogen-bond acceptors (Lipinski definition) is 3. The summed E-state index contributed by atoms with van der Waals surface area (Å²) in [5, 5.41) is 29.8. The quantitative estimate of drug-likeness (QED) is 0.683. The first-order valence-corrected chi connectivity index (χ1v) is 7.48. The second-order valence-corrected chi connectivity index (χ2v) is 5.57. The fourth-order valence-electron chi connectivity index (χ4n) is 2.63. The van der Waals surface area contributed by atoms with Gasteiger partial charge in [0.15, 0.2) is 0 Å². The van der Waals surface area contributed by atoms with Gasteiger partial charge in [0.25, 0.3) is 0 Å². The van der Waals surface area contributed by atoms with Crippen molar-refractivity contribution in [3.8, 4) is 17.2 Å². The van der Waals surface area contributed by atoms with Crippen LogP contribution in [0.4, 0.5) is 0 Å². The number of aromatic hydroxyl groups is 3. The van der Waals surface area contributed by atoms with Crippen molar-refractivity contribution >= 4 is 0 Å². The van der Waals surface area contributed by atoms with Crippen LogP contribution in [0.15, 0.2) is 66.7 Å². The van der Waals surface area contributed by atoms with Crippen LogP contribution in [-0.2, 0) is 12.8 Å². The molecule has 3 aromatic carbocycles. The lowest BCUT2D eigenvalue weighted by atomic mass is 9.97. The molecule has 0 aliphatic heterocycles. The highest BCUT2D eigenvalue weighted by Gasteiger charge is 2.10. The lowest BCUT2D eigenvalue weighted by molar-refractivity contribution is 0.459. The molecular formula is C20H18O3. The van der Waals surface area contributed by atoms with Crippen LogP contribution in [0.2, 0.25) is 0 Å². The Morgan fingerprint density at radius 3 is 1.87 bits per heavy atom. The van der Waals surface area contributed by atoms with Crippen LogP contribution >= 0.6 is 0 Å². The summed E-state index contributed by atoms with van der Waals surface area (Å²) in [6.45, 7) is 0. The highest BCUT2D eigenvalue weighted by Crippen LogP contribution is 2.29. The average Bonchev–Trinajstić information content (AvgIpc) is 2.55. The molecule has 3 aromatic rings. The number of benzene rings is 3. The van der Waals surface area contributed by atoms with Gasteiger partial charge in [-0.25, -0.2) is 0 Å². The van der Waals surface area contributed by atoms with E-state index >= 15 is 0 Å². The van der Waals surface area contributed by atoms with Gasteiger partial charge >= 0.3 is 0 Å². The maximum Gasteiger partial charge on any atom is 0.122 e. The van der Waals surface area contributed by atoms with Gasteiger partial charge in [0.05, 0.1) is 0 Å². The first-order chi connectivity index (χ1) is 11.1. The van der Waals surface area contributed by atoms with Gasteiger partial charge in [0.2, 0.25) is 0 Å². The predicted molar refractivity (Wildman–Crippen MR) is 89.9 cm³/mol. The molecular weight excluding hydrogens is 288 g/mol. The first kappa shape index (κ1) is 15.0. The van der Waals surface area contributed by atoms with E-state index in [1.165, 1.54) is 0 Å². The molecule has 3 N–H and O–H groups in total. The van der Waals surface area contributed by atoms with E-state index in [1.807, 2.05) is 42.5 Å². The molecule has 0 aliphatic rings. The molecule has 3 rings (SSSR count). The molecule has 0 spiro atoms. The van der Waals surface area contributed by atoms with E-state index in [4.69, 9.17) is 0 Å². The summed E-state index contributed by atoms with van der Waals surface area (Å²) in [5.41, 5.74) is 3.40. The van der Waals surface area contributed by atoms with Gasteiger partial charge in [0.1, 0.15) is 17.2 Å². The molecule has 0 atom stereocenters. The summed E-state index contributed by atoms with van der Waals surface area (Å²) >= 11 is 0. The van der Waals surface area contributed by atoms with Gasteiger partial charge in [0, 0.05) is 12.8 Å². The highest BCUT2D eigenvalue weighted by atomic mass is 16.3. The molecule has 0 aromatic heterocycles. The molecule has 3 heteroatoms. The fraction of sp³-hybridized carbons (Fsp3) is 0.100. The van der Waals surface area contributed by atoms with Crippen LogP contribution in [0.1, 0.15) is 22.3 Å². The zero-order chi connectivity index (χ0) is 16.2. The Morgan fingerprint density at radius 2 is 1.17 bits per heavy atom. The van der Waals surface area contributed by atoms with Gasteiger partial charge in [-0.15, -0.1) is 0 Å². The van der Waals surface area contributed by atoms with Crippen molar-refractivity contribution in [1.82, 2.24) is 0 Å². The normalized spacial score (nSPS) is 10.6. The minimum absolute atomic E-state index is 0.228. The van der Waals surface area contributed by atoms with Crippen molar-refractivity contribution in [3.05, 3.63) is 89.0 Å². The van der Waals surface area contributed by atoms with E-state index in [-0.39, 0.29) is 17.2 Å². The standard InChI is InChI=1S/C20H18O3/c21-18-10-8-14(9-11-18)12-16-5-3-6-17(20(16)23)13-15-4-1-2-7-19(15)22/h1-11,21-23H,12-13H2. The molecule has 0 amide bonds. The van der Waals surface area contributed by atoms with Crippen molar-refractivity contribution < 1.29 is 15.3 Å². The molecule has 0 aliphatic carbocycles. The predicted octanol–water partition coefficient (Wildman–Crippen LogP) is 3.99. The Balaban J connectivity index is 1.86. The molecule has 0 unspecified atom stereocenters. The van der Waals surface area contributed by atoms with Crippen molar-refractivity contribution in [3.63, 3.8) is 0 Å². The Hall–Kier alpha value is -2.94. The largest absolute Gasteiger partial charge is 0.508 e. The SMILES string of the molecule is Oc1ccc(Cc2cccc(Cc3ccccc3O)c2O)cc1. The highest BCUT2D eigenvalue weighted by molar-refractivity contribution is 5.47. The Morgan fingerprint density at radius 1 is 0.565 bits per heavy atom. The molecule has 3 nitrogen and oxygen atoms in total. The van der Waals surface area contributed by atoms with Gasteiger partial charge in [-0.3, -0.25) is 0 Å². The van der Waals surface area contributed by atoms with Crippen LogP contribution in [-0.4, -0.2) is 15.3 Å². The smallest absolute Gasteiger partial charge is 0.122 e. The summed E-state index contributed by atoms with van der Waals surface area (Å²) < 4.78 is 0. The minimum Gasteiger partial charge on any atom is -0.508 e. The van der Waals surface area contributed by atoms with E-state index in [1.54, 1.807) is 24.3 Å². The third-order valence-corrected chi connectivity index (χ3v) is 3.91. The lowest BCUT2D eigenvalue weighted by Crippen LogP contribution is -1.94. The van der Waals surface area contributed by atoms with Gasteiger partial charge < -0.3 is 15.3 Å². The molecule has 23 heavy (non-hydrogen) atoms. The maximum atomic E-state index is 10.5. The minimum atomic E-state index is 0.228. The monoisotopic (exact) mass is 306 g/mol.